The third-order valence-corrected chi connectivity index (χ3v) is 5.86. The van der Waals surface area contributed by atoms with E-state index in [9.17, 15) is 9.59 Å². The summed E-state index contributed by atoms with van der Waals surface area (Å²) in [5.74, 6) is -0.0222. The van der Waals surface area contributed by atoms with Gasteiger partial charge < -0.3 is 10.1 Å². The molecule has 0 aromatic heterocycles. The molecule has 1 aliphatic rings. The van der Waals surface area contributed by atoms with Gasteiger partial charge in [-0.3, -0.25) is 14.5 Å². The molecule has 0 bridgehead atoms. The Kier molecular flexibility index (Phi) is 6.52. The normalized spacial score (nSPS) is 13.6. The summed E-state index contributed by atoms with van der Waals surface area (Å²) in [6.07, 6.45) is 0. The van der Waals surface area contributed by atoms with E-state index in [2.05, 4.69) is 11.4 Å². The van der Waals surface area contributed by atoms with Crippen molar-refractivity contribution in [2.75, 3.05) is 18.5 Å². The third kappa shape index (κ3) is 4.94. The van der Waals surface area contributed by atoms with Gasteiger partial charge in [-0.05, 0) is 67.3 Å². The van der Waals surface area contributed by atoms with Gasteiger partial charge in [0.1, 0.15) is 18.1 Å². The van der Waals surface area contributed by atoms with E-state index in [1.807, 2.05) is 75.4 Å². The van der Waals surface area contributed by atoms with Crippen LogP contribution >= 0.6 is 11.6 Å². The van der Waals surface area contributed by atoms with Crippen LogP contribution in [-0.2, 0) is 9.59 Å². The van der Waals surface area contributed by atoms with E-state index < -0.39 is 0 Å². The highest BCUT2D eigenvalue weighted by Crippen LogP contribution is 2.31. The van der Waals surface area contributed by atoms with Crippen LogP contribution in [0.25, 0.3) is 5.57 Å². The zero-order valence-corrected chi connectivity index (χ0v) is 19.6. The minimum atomic E-state index is -0.389. The lowest BCUT2D eigenvalue weighted by atomic mass is 10.0. The van der Waals surface area contributed by atoms with Crippen LogP contribution in [0.15, 0.2) is 72.4 Å². The Hall–Kier alpha value is -3.57. The van der Waals surface area contributed by atoms with E-state index in [-0.39, 0.29) is 30.7 Å². The van der Waals surface area contributed by atoms with Crippen molar-refractivity contribution >= 4 is 34.7 Å². The molecule has 0 aliphatic carbocycles. The third-order valence-electron chi connectivity index (χ3n) is 5.45. The van der Waals surface area contributed by atoms with Crippen LogP contribution in [0.3, 0.4) is 0 Å². The number of carbonyl (C=O) groups excluding carboxylic acids is 2. The van der Waals surface area contributed by atoms with Crippen molar-refractivity contribution in [1.29, 1.82) is 0 Å². The number of rotatable bonds is 7. The maximum atomic E-state index is 13.3. The Morgan fingerprint density at radius 3 is 2.24 bits per heavy atom. The van der Waals surface area contributed by atoms with Crippen molar-refractivity contribution in [1.82, 2.24) is 4.90 Å². The van der Waals surface area contributed by atoms with Crippen molar-refractivity contribution < 1.29 is 14.3 Å². The summed E-state index contributed by atoms with van der Waals surface area (Å²) in [6.45, 7) is 6.24. The van der Waals surface area contributed by atoms with Gasteiger partial charge in [-0.2, -0.15) is 0 Å². The molecular weight excluding hydrogens is 436 g/mol. The Balaban J connectivity index is 1.58. The SMILES string of the molecule is Cc1cc(C)cc(OCCN2C(=O)C(Nc3ccc(C)c(Cl)c3)=C(c3ccccc3)C2=O)c1. The van der Waals surface area contributed by atoms with E-state index >= 15 is 0 Å². The van der Waals surface area contributed by atoms with Crippen LogP contribution < -0.4 is 10.1 Å². The quantitative estimate of drug-likeness (QED) is 0.470. The van der Waals surface area contributed by atoms with Gasteiger partial charge in [0.05, 0.1) is 12.1 Å². The highest BCUT2D eigenvalue weighted by molar-refractivity contribution is 6.36. The van der Waals surface area contributed by atoms with Crippen molar-refractivity contribution in [3.05, 3.63) is 99.7 Å². The molecule has 33 heavy (non-hydrogen) atoms. The van der Waals surface area contributed by atoms with Gasteiger partial charge in [-0.1, -0.05) is 54.1 Å². The smallest absolute Gasteiger partial charge is 0.278 e. The fourth-order valence-corrected chi connectivity index (χ4v) is 4.03. The Labute approximate surface area is 198 Å². The van der Waals surface area contributed by atoms with Crippen molar-refractivity contribution in [3.63, 3.8) is 0 Å². The first-order valence-electron chi connectivity index (χ1n) is 10.7. The lowest BCUT2D eigenvalue weighted by Gasteiger charge is -2.16. The van der Waals surface area contributed by atoms with Crippen LogP contribution in [0, 0.1) is 20.8 Å². The number of benzene rings is 3. The molecular formula is C27H25ClN2O3. The molecule has 3 aromatic rings. The minimum Gasteiger partial charge on any atom is -0.492 e. The summed E-state index contributed by atoms with van der Waals surface area (Å²) in [5.41, 5.74) is 5.00. The fourth-order valence-electron chi connectivity index (χ4n) is 3.85. The predicted molar refractivity (Wildman–Crippen MR) is 131 cm³/mol. The molecule has 0 unspecified atom stereocenters. The summed E-state index contributed by atoms with van der Waals surface area (Å²) >= 11 is 6.26. The molecule has 1 aliphatic heterocycles. The van der Waals surface area contributed by atoms with Gasteiger partial charge in [0, 0.05) is 10.7 Å². The second-order valence-electron chi connectivity index (χ2n) is 8.14. The van der Waals surface area contributed by atoms with E-state index in [1.165, 1.54) is 4.90 Å². The topological polar surface area (TPSA) is 58.6 Å². The van der Waals surface area contributed by atoms with Crippen molar-refractivity contribution in [2.24, 2.45) is 0 Å². The van der Waals surface area contributed by atoms with E-state index in [0.29, 0.717) is 21.8 Å². The maximum absolute atomic E-state index is 13.3. The molecule has 5 nitrogen and oxygen atoms in total. The highest BCUT2D eigenvalue weighted by atomic mass is 35.5. The molecule has 2 amide bonds. The van der Waals surface area contributed by atoms with Gasteiger partial charge in [0.2, 0.25) is 0 Å². The zero-order valence-electron chi connectivity index (χ0n) is 18.8. The lowest BCUT2D eigenvalue weighted by Crippen LogP contribution is -2.36. The van der Waals surface area contributed by atoms with Crippen molar-refractivity contribution in [3.8, 4) is 5.75 Å². The molecule has 0 fully saturated rings. The first kappa shape index (κ1) is 22.6. The number of aryl methyl sites for hydroxylation is 3. The summed E-state index contributed by atoms with van der Waals surface area (Å²) in [4.78, 5) is 27.8. The molecule has 1 N–H and O–H groups in total. The summed E-state index contributed by atoms with van der Waals surface area (Å²) < 4.78 is 5.85. The second-order valence-corrected chi connectivity index (χ2v) is 8.55. The largest absolute Gasteiger partial charge is 0.492 e. The van der Waals surface area contributed by atoms with E-state index in [0.717, 1.165) is 22.4 Å². The number of carbonyl (C=O) groups is 2. The number of amides is 2. The van der Waals surface area contributed by atoms with Gasteiger partial charge >= 0.3 is 0 Å². The molecule has 0 radical (unpaired) electrons. The van der Waals surface area contributed by atoms with Gasteiger partial charge in [-0.25, -0.2) is 0 Å². The van der Waals surface area contributed by atoms with Crippen molar-refractivity contribution in [2.45, 2.75) is 20.8 Å². The maximum Gasteiger partial charge on any atom is 0.278 e. The van der Waals surface area contributed by atoms with Crippen LogP contribution in [-0.4, -0.2) is 29.9 Å². The molecule has 0 spiro atoms. The average Bonchev–Trinajstić information content (AvgIpc) is 3.00. The predicted octanol–water partition coefficient (Wildman–Crippen LogP) is 5.54. The molecule has 0 saturated carbocycles. The lowest BCUT2D eigenvalue weighted by molar-refractivity contribution is -0.137. The average molecular weight is 461 g/mol. The first-order chi connectivity index (χ1) is 15.8. The summed E-state index contributed by atoms with van der Waals surface area (Å²) in [6, 6.07) is 20.6. The van der Waals surface area contributed by atoms with Gasteiger partial charge in [0.15, 0.2) is 0 Å². The van der Waals surface area contributed by atoms with Gasteiger partial charge in [-0.15, -0.1) is 0 Å². The van der Waals surface area contributed by atoms with Crippen LogP contribution in [0.4, 0.5) is 5.69 Å². The van der Waals surface area contributed by atoms with Gasteiger partial charge in [0.25, 0.3) is 11.8 Å². The van der Waals surface area contributed by atoms with Crippen LogP contribution in [0.5, 0.6) is 5.75 Å². The Bertz CT molecular complexity index is 1230. The zero-order chi connectivity index (χ0) is 23.5. The Morgan fingerprint density at radius 2 is 1.58 bits per heavy atom. The second kappa shape index (κ2) is 9.51. The number of imide groups is 1. The number of nitrogens with zero attached hydrogens (tertiary/aromatic N) is 1. The number of anilines is 1. The molecule has 1 heterocycles. The number of halogens is 1. The number of nitrogens with one attached hydrogen (secondary N) is 1. The monoisotopic (exact) mass is 460 g/mol. The van der Waals surface area contributed by atoms with Crippen LogP contribution in [0.1, 0.15) is 22.3 Å². The molecule has 0 saturated heterocycles. The fraction of sp³-hybridized carbons (Fsp3) is 0.185. The van der Waals surface area contributed by atoms with E-state index in [4.69, 9.17) is 16.3 Å². The Morgan fingerprint density at radius 1 is 0.879 bits per heavy atom. The standard InChI is InChI=1S/C27H25ClN2O3/c1-17-13-18(2)15-22(14-17)33-12-11-30-26(31)24(20-7-5-4-6-8-20)25(27(30)32)29-21-10-9-19(3)23(28)16-21/h4-10,13-16,29H,11-12H2,1-3H3. The number of hydrogen-bond donors (Lipinski definition) is 1. The molecule has 3 aromatic carbocycles. The summed E-state index contributed by atoms with van der Waals surface area (Å²) in [7, 11) is 0. The number of ether oxygens (including phenoxy) is 1. The molecule has 0 atom stereocenters. The molecule has 4 rings (SSSR count). The minimum absolute atomic E-state index is 0.140. The van der Waals surface area contributed by atoms with Crippen LogP contribution in [0.2, 0.25) is 5.02 Å². The summed E-state index contributed by atoms with van der Waals surface area (Å²) in [5, 5.41) is 3.71. The van der Waals surface area contributed by atoms with E-state index in [1.54, 1.807) is 6.07 Å². The first-order valence-corrected chi connectivity index (χ1v) is 11.1. The number of hydrogen-bond acceptors (Lipinski definition) is 4. The molecule has 6 heteroatoms. The highest BCUT2D eigenvalue weighted by Gasteiger charge is 2.39. The molecule has 168 valence electrons.